The van der Waals surface area contributed by atoms with E-state index in [1.807, 2.05) is 24.5 Å². The molecule has 0 unspecified atom stereocenters. The minimum absolute atomic E-state index is 0.945. The van der Waals surface area contributed by atoms with Crippen molar-refractivity contribution in [3.05, 3.63) is 36.7 Å². The molecule has 0 saturated heterocycles. The summed E-state index contributed by atoms with van der Waals surface area (Å²) in [7, 11) is 0. The van der Waals surface area contributed by atoms with Gasteiger partial charge in [-0.25, -0.2) is 9.97 Å². The Morgan fingerprint density at radius 2 is 1.94 bits per heavy atom. The monoisotopic (exact) mass is 259 g/mol. The molecule has 0 radical (unpaired) electrons. The van der Waals surface area contributed by atoms with E-state index in [0.717, 1.165) is 26.5 Å². The number of nitrogens with zero attached hydrogens (tertiary/aromatic N) is 3. The summed E-state index contributed by atoms with van der Waals surface area (Å²) in [4.78, 5) is 8.60. The fraction of sp³-hybridized carbons (Fsp3) is 0.0833. The Morgan fingerprint density at radius 1 is 1.12 bits per heavy atom. The summed E-state index contributed by atoms with van der Waals surface area (Å²) < 4.78 is 5.57. The lowest BCUT2D eigenvalue weighted by Crippen LogP contribution is -1.84. The van der Waals surface area contributed by atoms with Crippen molar-refractivity contribution in [1.82, 2.24) is 14.3 Å². The maximum absolute atomic E-state index is 4.50. The van der Waals surface area contributed by atoms with Gasteiger partial charge in [0, 0.05) is 5.56 Å². The first-order valence-electron chi connectivity index (χ1n) is 5.10. The number of hydrogen-bond donors (Lipinski definition) is 0. The van der Waals surface area contributed by atoms with Crippen LogP contribution in [0.5, 0.6) is 0 Å². The third-order valence-electron chi connectivity index (χ3n) is 2.46. The van der Waals surface area contributed by atoms with Gasteiger partial charge < -0.3 is 0 Å². The molecule has 0 fully saturated rings. The second kappa shape index (κ2) is 4.43. The van der Waals surface area contributed by atoms with Crippen molar-refractivity contribution in [2.45, 2.75) is 5.03 Å². The average molecular weight is 259 g/mol. The van der Waals surface area contributed by atoms with Crippen LogP contribution in [0.4, 0.5) is 0 Å². The van der Waals surface area contributed by atoms with Gasteiger partial charge in [-0.15, -0.1) is 11.8 Å². The Balaban J connectivity index is 2.26. The summed E-state index contributed by atoms with van der Waals surface area (Å²) in [6.07, 6.45) is 3.62. The van der Waals surface area contributed by atoms with E-state index in [0.29, 0.717) is 0 Å². The first-order valence-corrected chi connectivity index (χ1v) is 7.10. The predicted octanol–water partition coefficient (Wildman–Crippen LogP) is 3.48. The van der Waals surface area contributed by atoms with Crippen molar-refractivity contribution in [1.29, 1.82) is 0 Å². The third-order valence-corrected chi connectivity index (χ3v) is 4.13. The number of fused-ring (bicyclic) bond motifs is 1. The maximum Gasteiger partial charge on any atom is 0.119 e. The van der Waals surface area contributed by atoms with Crippen LogP contribution in [0.25, 0.3) is 21.5 Å². The smallest absolute Gasteiger partial charge is 0.119 e. The molecule has 0 aliphatic carbocycles. The summed E-state index contributed by atoms with van der Waals surface area (Å²) in [5.41, 5.74) is 2.99. The molecular formula is C12H9N3S2. The summed E-state index contributed by atoms with van der Waals surface area (Å²) in [6.45, 7) is 0. The van der Waals surface area contributed by atoms with Gasteiger partial charge in [0.1, 0.15) is 27.3 Å². The van der Waals surface area contributed by atoms with Gasteiger partial charge in [0.15, 0.2) is 0 Å². The largest absolute Gasteiger partial charge is 0.233 e. The van der Waals surface area contributed by atoms with Gasteiger partial charge in [-0.05, 0) is 17.8 Å². The zero-order chi connectivity index (χ0) is 11.7. The first kappa shape index (κ1) is 10.7. The molecule has 3 nitrogen and oxygen atoms in total. The summed E-state index contributed by atoms with van der Waals surface area (Å²) >= 11 is 3.09. The van der Waals surface area contributed by atoms with Crippen molar-refractivity contribution in [3.63, 3.8) is 0 Å². The summed E-state index contributed by atoms with van der Waals surface area (Å²) in [5, 5.41) is 0.995. The Hall–Kier alpha value is -1.46. The quantitative estimate of drug-likeness (QED) is 0.522. The molecule has 1 aromatic carbocycles. The van der Waals surface area contributed by atoms with Gasteiger partial charge >= 0.3 is 0 Å². The van der Waals surface area contributed by atoms with Gasteiger partial charge in [-0.2, -0.15) is 4.37 Å². The topological polar surface area (TPSA) is 38.7 Å². The fourth-order valence-electron chi connectivity index (χ4n) is 1.67. The minimum atomic E-state index is 0.945. The fourth-order valence-corrected chi connectivity index (χ4v) is 3.21. The predicted molar refractivity (Wildman–Crippen MR) is 72.4 cm³/mol. The molecule has 0 N–H and O–H groups in total. The van der Waals surface area contributed by atoms with Gasteiger partial charge in [-0.1, -0.05) is 30.3 Å². The van der Waals surface area contributed by atoms with E-state index in [1.165, 1.54) is 11.5 Å². The molecule has 0 amide bonds. The zero-order valence-corrected chi connectivity index (χ0v) is 10.8. The van der Waals surface area contributed by atoms with E-state index in [2.05, 4.69) is 26.5 Å². The lowest BCUT2D eigenvalue weighted by Gasteiger charge is -1.98. The second-order valence-electron chi connectivity index (χ2n) is 3.46. The number of thioether (sulfide) groups is 1. The van der Waals surface area contributed by atoms with Crippen molar-refractivity contribution in [3.8, 4) is 11.3 Å². The van der Waals surface area contributed by atoms with Crippen LogP contribution < -0.4 is 0 Å². The molecule has 0 bridgehead atoms. The number of rotatable bonds is 2. The third kappa shape index (κ3) is 1.81. The second-order valence-corrected chi connectivity index (χ2v) is 5.03. The standard InChI is InChI=1S/C12H9N3S2/c1-16-12-11-10(13-7-14-12)9(15-17-11)8-5-3-2-4-6-8/h2-7H,1H3. The summed E-state index contributed by atoms with van der Waals surface area (Å²) in [6, 6.07) is 10.1. The van der Waals surface area contributed by atoms with Gasteiger partial charge in [0.25, 0.3) is 0 Å². The highest BCUT2D eigenvalue weighted by Gasteiger charge is 2.12. The first-order chi connectivity index (χ1) is 8.40. The summed E-state index contributed by atoms with van der Waals surface area (Å²) in [5.74, 6) is 0. The van der Waals surface area contributed by atoms with E-state index >= 15 is 0 Å². The van der Waals surface area contributed by atoms with Crippen LogP contribution >= 0.6 is 23.3 Å². The maximum atomic E-state index is 4.50. The molecule has 0 aliphatic rings. The number of hydrogen-bond acceptors (Lipinski definition) is 5. The molecule has 84 valence electrons. The molecule has 0 atom stereocenters. The zero-order valence-electron chi connectivity index (χ0n) is 9.12. The molecule has 0 saturated carbocycles. The highest BCUT2D eigenvalue weighted by atomic mass is 32.2. The lowest BCUT2D eigenvalue weighted by atomic mass is 10.1. The lowest BCUT2D eigenvalue weighted by molar-refractivity contribution is 1.11. The van der Waals surface area contributed by atoms with E-state index in [4.69, 9.17) is 0 Å². The van der Waals surface area contributed by atoms with Gasteiger partial charge in [0.05, 0.1) is 0 Å². The van der Waals surface area contributed by atoms with Crippen LogP contribution in [0.2, 0.25) is 0 Å². The van der Waals surface area contributed by atoms with Crippen molar-refractivity contribution < 1.29 is 0 Å². The van der Waals surface area contributed by atoms with Crippen LogP contribution in [-0.2, 0) is 0 Å². The number of benzene rings is 1. The molecule has 3 aromatic rings. The van der Waals surface area contributed by atoms with Crippen LogP contribution in [0, 0.1) is 0 Å². The normalized spacial score (nSPS) is 10.9. The Bertz CT molecular complexity index is 649. The van der Waals surface area contributed by atoms with E-state index in [1.54, 1.807) is 18.1 Å². The Morgan fingerprint density at radius 3 is 2.71 bits per heavy atom. The van der Waals surface area contributed by atoms with Crippen molar-refractivity contribution in [2.75, 3.05) is 6.26 Å². The van der Waals surface area contributed by atoms with Crippen LogP contribution in [0.3, 0.4) is 0 Å². The molecule has 3 rings (SSSR count). The van der Waals surface area contributed by atoms with Gasteiger partial charge in [0.2, 0.25) is 0 Å². The molecule has 5 heteroatoms. The van der Waals surface area contributed by atoms with Gasteiger partial charge in [-0.3, -0.25) is 0 Å². The van der Waals surface area contributed by atoms with Crippen molar-refractivity contribution >= 4 is 33.5 Å². The Labute approximate surface area is 107 Å². The van der Waals surface area contributed by atoms with Crippen molar-refractivity contribution in [2.24, 2.45) is 0 Å². The number of aromatic nitrogens is 3. The average Bonchev–Trinajstić information content (AvgIpc) is 2.83. The van der Waals surface area contributed by atoms with E-state index in [9.17, 15) is 0 Å². The Kier molecular flexibility index (Phi) is 2.78. The SMILES string of the molecule is CSc1ncnc2c(-c3ccccc3)nsc12. The molecular weight excluding hydrogens is 250 g/mol. The highest BCUT2D eigenvalue weighted by molar-refractivity contribution is 7.98. The molecule has 2 aromatic heterocycles. The molecule has 0 aliphatic heterocycles. The van der Waals surface area contributed by atoms with Crippen LogP contribution in [0.15, 0.2) is 41.7 Å². The molecule has 2 heterocycles. The molecule has 0 spiro atoms. The minimum Gasteiger partial charge on any atom is -0.233 e. The molecule has 17 heavy (non-hydrogen) atoms. The van der Waals surface area contributed by atoms with Crippen LogP contribution in [0.1, 0.15) is 0 Å². The highest BCUT2D eigenvalue weighted by Crippen LogP contribution is 2.33. The van der Waals surface area contributed by atoms with E-state index < -0.39 is 0 Å². The van der Waals surface area contributed by atoms with E-state index in [-0.39, 0.29) is 0 Å². The van der Waals surface area contributed by atoms with Crippen LogP contribution in [-0.4, -0.2) is 20.6 Å².